The van der Waals surface area contributed by atoms with Crippen molar-refractivity contribution in [2.24, 2.45) is 0 Å². The Morgan fingerprint density at radius 1 is 1.35 bits per heavy atom. The van der Waals surface area contributed by atoms with E-state index in [1.165, 1.54) is 6.92 Å². The number of thioether (sulfide) groups is 1. The van der Waals surface area contributed by atoms with Crippen molar-refractivity contribution in [3.63, 3.8) is 0 Å². The van der Waals surface area contributed by atoms with Gasteiger partial charge in [0.1, 0.15) is 16.9 Å². The molecule has 0 heterocycles. The highest BCUT2D eigenvalue weighted by atomic mass is 32.2. The van der Waals surface area contributed by atoms with Crippen molar-refractivity contribution in [1.29, 1.82) is 0 Å². The molecule has 0 amide bonds. The summed E-state index contributed by atoms with van der Waals surface area (Å²) in [6, 6.07) is 1.37. The van der Waals surface area contributed by atoms with Gasteiger partial charge in [-0.15, -0.1) is 11.8 Å². The molecule has 1 unspecified atom stereocenters. The number of hydrogen-bond acceptors (Lipinski definition) is 4. The van der Waals surface area contributed by atoms with Crippen molar-refractivity contribution in [3.05, 3.63) is 29.3 Å². The average molecular weight is 304 g/mol. The molecular formula is C13H14F2O4S. The molecule has 7 heteroatoms. The number of aromatic carboxylic acids is 1. The molecule has 1 atom stereocenters. The summed E-state index contributed by atoms with van der Waals surface area (Å²) < 4.78 is 31.7. The lowest BCUT2D eigenvalue weighted by Gasteiger charge is -2.12. The Morgan fingerprint density at radius 3 is 2.55 bits per heavy atom. The second-order valence-corrected chi connectivity index (χ2v) is 5.38. The molecule has 110 valence electrons. The Balaban J connectivity index is 2.89. The molecule has 0 fully saturated rings. The van der Waals surface area contributed by atoms with Gasteiger partial charge in [0.15, 0.2) is 0 Å². The van der Waals surface area contributed by atoms with Gasteiger partial charge in [0, 0.05) is 11.0 Å². The van der Waals surface area contributed by atoms with E-state index in [1.807, 2.05) is 6.92 Å². The molecule has 0 radical (unpaired) electrons. The normalized spacial score (nSPS) is 12.0. The average Bonchev–Trinajstić information content (AvgIpc) is 2.38. The first-order chi connectivity index (χ1) is 9.36. The third-order valence-electron chi connectivity index (χ3n) is 2.34. The van der Waals surface area contributed by atoms with Crippen LogP contribution in [0.25, 0.3) is 0 Å². The molecule has 0 aliphatic carbocycles. The van der Waals surface area contributed by atoms with Crippen molar-refractivity contribution < 1.29 is 28.2 Å². The molecule has 0 saturated heterocycles. The van der Waals surface area contributed by atoms with Gasteiger partial charge in [-0.1, -0.05) is 6.92 Å². The molecule has 4 nitrogen and oxygen atoms in total. The first-order valence-electron chi connectivity index (χ1n) is 5.92. The maximum absolute atomic E-state index is 13.6. The molecule has 0 aromatic heterocycles. The standard InChI is InChI=1S/C13H14F2O4S/c1-3-4-19-13(18)7(2)20-11-5-8(12(16)17)9(14)6-10(11)15/h5-7H,3-4H2,1-2H3,(H,16,17). The van der Waals surface area contributed by atoms with Crippen molar-refractivity contribution in [1.82, 2.24) is 0 Å². The molecule has 20 heavy (non-hydrogen) atoms. The van der Waals surface area contributed by atoms with Gasteiger partial charge in [-0.2, -0.15) is 0 Å². The van der Waals surface area contributed by atoms with E-state index in [-0.39, 0.29) is 11.5 Å². The van der Waals surface area contributed by atoms with E-state index < -0.39 is 34.4 Å². The summed E-state index contributed by atoms with van der Waals surface area (Å²) in [5, 5.41) is 8.06. The van der Waals surface area contributed by atoms with Crippen LogP contribution in [0.15, 0.2) is 17.0 Å². The number of hydrogen-bond donors (Lipinski definition) is 1. The van der Waals surface area contributed by atoms with Crippen molar-refractivity contribution in [2.75, 3.05) is 6.61 Å². The monoisotopic (exact) mass is 304 g/mol. The number of carbonyl (C=O) groups is 2. The van der Waals surface area contributed by atoms with E-state index >= 15 is 0 Å². The summed E-state index contributed by atoms with van der Waals surface area (Å²) >= 11 is 0.789. The molecule has 0 spiro atoms. The molecule has 1 rings (SSSR count). The quantitative estimate of drug-likeness (QED) is 0.646. The minimum atomic E-state index is -1.49. The summed E-state index contributed by atoms with van der Waals surface area (Å²) in [6.07, 6.45) is 0.664. The lowest BCUT2D eigenvalue weighted by Crippen LogP contribution is -2.17. The Hall–Kier alpha value is -1.63. The number of carbonyl (C=O) groups excluding carboxylic acids is 1. The van der Waals surface area contributed by atoms with Crippen LogP contribution >= 0.6 is 11.8 Å². The highest BCUT2D eigenvalue weighted by Crippen LogP contribution is 2.29. The van der Waals surface area contributed by atoms with Gasteiger partial charge in [0.05, 0.1) is 12.2 Å². The fourth-order valence-corrected chi connectivity index (χ4v) is 2.24. The lowest BCUT2D eigenvalue weighted by molar-refractivity contribution is -0.142. The topological polar surface area (TPSA) is 63.6 Å². The number of rotatable bonds is 6. The third kappa shape index (κ3) is 4.19. The van der Waals surface area contributed by atoms with Crippen LogP contribution in [0.5, 0.6) is 0 Å². The van der Waals surface area contributed by atoms with Crippen LogP contribution < -0.4 is 0 Å². The van der Waals surface area contributed by atoms with Crippen molar-refractivity contribution in [2.45, 2.75) is 30.4 Å². The SMILES string of the molecule is CCCOC(=O)C(C)Sc1cc(C(=O)O)c(F)cc1F. The number of esters is 1. The number of benzene rings is 1. The van der Waals surface area contributed by atoms with E-state index in [2.05, 4.69) is 0 Å². The van der Waals surface area contributed by atoms with Crippen LogP contribution in [0.3, 0.4) is 0 Å². The fraction of sp³-hybridized carbons (Fsp3) is 0.385. The zero-order valence-electron chi connectivity index (χ0n) is 11.0. The molecule has 0 saturated carbocycles. The van der Waals surface area contributed by atoms with Gasteiger partial charge >= 0.3 is 11.9 Å². The van der Waals surface area contributed by atoms with E-state index in [0.717, 1.165) is 17.8 Å². The number of ether oxygens (including phenoxy) is 1. The maximum Gasteiger partial charge on any atom is 0.338 e. The Labute approximate surface area is 119 Å². The van der Waals surface area contributed by atoms with Gasteiger partial charge in [-0.3, -0.25) is 4.79 Å². The molecular weight excluding hydrogens is 290 g/mol. The minimum absolute atomic E-state index is 0.107. The van der Waals surface area contributed by atoms with Crippen molar-refractivity contribution >= 4 is 23.7 Å². The summed E-state index contributed by atoms with van der Waals surface area (Å²) in [5.74, 6) is -4.09. The van der Waals surface area contributed by atoms with E-state index in [1.54, 1.807) is 0 Å². The zero-order chi connectivity index (χ0) is 15.3. The van der Waals surface area contributed by atoms with Crippen LogP contribution in [0.1, 0.15) is 30.6 Å². The number of carboxylic acid groups (broad SMARTS) is 1. The second-order valence-electron chi connectivity index (χ2n) is 4.00. The predicted molar refractivity (Wildman–Crippen MR) is 69.9 cm³/mol. The Morgan fingerprint density at radius 2 is 2.00 bits per heavy atom. The number of halogens is 2. The van der Waals surface area contributed by atoms with Crippen LogP contribution in [0.4, 0.5) is 8.78 Å². The van der Waals surface area contributed by atoms with Gasteiger partial charge < -0.3 is 9.84 Å². The van der Waals surface area contributed by atoms with Crippen LogP contribution in [0, 0.1) is 11.6 Å². The van der Waals surface area contributed by atoms with Crippen molar-refractivity contribution in [3.8, 4) is 0 Å². The van der Waals surface area contributed by atoms with Gasteiger partial charge in [0.2, 0.25) is 0 Å². The molecule has 1 N–H and O–H groups in total. The molecule has 1 aromatic carbocycles. The first-order valence-corrected chi connectivity index (χ1v) is 6.80. The summed E-state index contributed by atoms with van der Waals surface area (Å²) in [7, 11) is 0. The smallest absolute Gasteiger partial charge is 0.338 e. The van der Waals surface area contributed by atoms with Crippen LogP contribution in [-0.4, -0.2) is 28.9 Å². The second kappa shape index (κ2) is 7.23. The first kappa shape index (κ1) is 16.4. The lowest BCUT2D eigenvalue weighted by atomic mass is 10.2. The highest BCUT2D eigenvalue weighted by molar-refractivity contribution is 8.00. The van der Waals surface area contributed by atoms with E-state index in [4.69, 9.17) is 9.84 Å². The van der Waals surface area contributed by atoms with E-state index in [0.29, 0.717) is 12.5 Å². The van der Waals surface area contributed by atoms with Crippen LogP contribution in [0.2, 0.25) is 0 Å². The summed E-state index contributed by atoms with van der Waals surface area (Å²) in [6.45, 7) is 3.60. The highest BCUT2D eigenvalue weighted by Gasteiger charge is 2.21. The largest absolute Gasteiger partial charge is 0.478 e. The Bertz CT molecular complexity index is 519. The molecule has 1 aromatic rings. The van der Waals surface area contributed by atoms with Crippen LogP contribution in [-0.2, 0) is 9.53 Å². The molecule has 0 aliphatic rings. The fourth-order valence-electron chi connectivity index (χ4n) is 1.34. The van der Waals surface area contributed by atoms with Gasteiger partial charge in [-0.05, 0) is 19.4 Å². The Kier molecular flexibility index (Phi) is 5.94. The number of carboxylic acids is 1. The molecule has 0 aliphatic heterocycles. The maximum atomic E-state index is 13.6. The summed E-state index contributed by atoms with van der Waals surface area (Å²) in [4.78, 5) is 22.2. The predicted octanol–water partition coefficient (Wildman–Crippen LogP) is 3.10. The van der Waals surface area contributed by atoms with Gasteiger partial charge in [0.25, 0.3) is 0 Å². The van der Waals surface area contributed by atoms with Gasteiger partial charge in [-0.25, -0.2) is 13.6 Å². The minimum Gasteiger partial charge on any atom is -0.478 e. The summed E-state index contributed by atoms with van der Waals surface area (Å²) in [5.41, 5.74) is -0.636. The van der Waals surface area contributed by atoms with E-state index in [9.17, 15) is 18.4 Å². The molecule has 0 bridgehead atoms. The third-order valence-corrected chi connectivity index (χ3v) is 3.45. The zero-order valence-corrected chi connectivity index (χ0v) is 11.8.